The third-order valence-electron chi connectivity index (χ3n) is 2.07. The molecule has 1 aromatic heterocycles. The first-order valence-electron chi connectivity index (χ1n) is 3.59. The third kappa shape index (κ3) is 1.08. The van der Waals surface area contributed by atoms with Crippen molar-refractivity contribution in [2.24, 2.45) is 0 Å². The summed E-state index contributed by atoms with van der Waals surface area (Å²) in [5.41, 5.74) is 2.20. The van der Waals surface area contributed by atoms with E-state index in [1.807, 2.05) is 0 Å². The Morgan fingerprint density at radius 3 is 3.09 bits per heavy atom. The molecule has 1 aromatic rings. The van der Waals surface area contributed by atoms with Gasteiger partial charge in [0, 0.05) is 22.4 Å². The quantitative estimate of drug-likeness (QED) is 0.714. The molecule has 0 aliphatic heterocycles. The molecule has 1 N–H and O–H groups in total. The molecule has 58 valence electrons. The third-order valence-corrected chi connectivity index (χ3v) is 2.75. The molecule has 2 rings (SSSR count). The summed E-state index contributed by atoms with van der Waals surface area (Å²) in [6.07, 6.45) is 5.02. The molecule has 2 nitrogen and oxygen atoms in total. The van der Waals surface area contributed by atoms with Gasteiger partial charge >= 0.3 is 0 Å². The van der Waals surface area contributed by atoms with Crippen LogP contribution in [0.15, 0.2) is 16.9 Å². The lowest BCUT2D eigenvalue weighted by atomic mass is 10.2. The van der Waals surface area contributed by atoms with Gasteiger partial charge in [0.25, 0.3) is 0 Å². The van der Waals surface area contributed by atoms with Crippen LogP contribution in [0.25, 0.3) is 0 Å². The summed E-state index contributed by atoms with van der Waals surface area (Å²) in [7, 11) is 0. The number of hydrogen-bond acceptors (Lipinski definition) is 2. The second-order valence-corrected chi connectivity index (χ2v) is 3.60. The van der Waals surface area contributed by atoms with Crippen molar-refractivity contribution in [1.82, 2.24) is 4.98 Å². The second kappa shape index (κ2) is 2.57. The van der Waals surface area contributed by atoms with Crippen molar-refractivity contribution in [3.63, 3.8) is 0 Å². The van der Waals surface area contributed by atoms with Crippen molar-refractivity contribution in [2.45, 2.75) is 18.9 Å². The number of fused-ring (bicyclic) bond motifs is 1. The van der Waals surface area contributed by atoms with Gasteiger partial charge in [-0.2, -0.15) is 0 Å². The van der Waals surface area contributed by atoms with Crippen LogP contribution in [-0.4, -0.2) is 10.1 Å². The van der Waals surface area contributed by atoms with Crippen LogP contribution in [0, 0.1) is 0 Å². The highest BCUT2D eigenvalue weighted by Crippen LogP contribution is 2.34. The molecule has 0 radical (unpaired) electrons. The minimum absolute atomic E-state index is 0.296. The van der Waals surface area contributed by atoms with Crippen LogP contribution >= 0.6 is 15.9 Å². The summed E-state index contributed by atoms with van der Waals surface area (Å²) in [5, 5.41) is 9.44. The molecule has 0 unspecified atom stereocenters. The lowest BCUT2D eigenvalue weighted by Crippen LogP contribution is -1.91. The zero-order chi connectivity index (χ0) is 7.84. The molecular formula is C8H8BrNO. The molecule has 11 heavy (non-hydrogen) atoms. The summed E-state index contributed by atoms with van der Waals surface area (Å²) in [4.78, 5) is 4.00. The normalized spacial score (nSPS) is 21.8. The van der Waals surface area contributed by atoms with Gasteiger partial charge in [-0.15, -0.1) is 0 Å². The molecule has 1 aliphatic rings. The first kappa shape index (κ1) is 7.25. The van der Waals surface area contributed by atoms with E-state index in [2.05, 4.69) is 20.9 Å². The van der Waals surface area contributed by atoms with Crippen LogP contribution in [0.2, 0.25) is 0 Å². The van der Waals surface area contributed by atoms with Gasteiger partial charge in [0.05, 0.1) is 6.10 Å². The van der Waals surface area contributed by atoms with Gasteiger partial charge in [0.1, 0.15) is 0 Å². The van der Waals surface area contributed by atoms with Crippen LogP contribution in [0.1, 0.15) is 23.7 Å². The van der Waals surface area contributed by atoms with Crippen molar-refractivity contribution in [1.29, 1.82) is 0 Å². The van der Waals surface area contributed by atoms with Crippen molar-refractivity contribution < 1.29 is 5.11 Å². The van der Waals surface area contributed by atoms with E-state index in [9.17, 15) is 5.11 Å². The van der Waals surface area contributed by atoms with E-state index in [1.54, 1.807) is 12.4 Å². The summed E-state index contributed by atoms with van der Waals surface area (Å²) >= 11 is 3.40. The highest BCUT2D eigenvalue weighted by molar-refractivity contribution is 9.10. The van der Waals surface area contributed by atoms with Gasteiger partial charge < -0.3 is 5.11 Å². The maximum atomic E-state index is 9.44. The second-order valence-electron chi connectivity index (χ2n) is 2.74. The fourth-order valence-electron chi connectivity index (χ4n) is 1.46. The molecular weight excluding hydrogens is 206 g/mol. The van der Waals surface area contributed by atoms with Gasteiger partial charge in [-0.3, -0.25) is 4.98 Å². The van der Waals surface area contributed by atoms with Gasteiger partial charge in [0.2, 0.25) is 0 Å². The standard InChI is InChI=1S/C8H8BrNO/c9-7-4-10-3-6-5(7)1-2-8(6)11/h3-4,8,11H,1-2H2/t8-/m0/s1. The first-order chi connectivity index (χ1) is 5.29. The minimum atomic E-state index is -0.296. The number of aliphatic hydroxyl groups excluding tert-OH is 1. The molecule has 0 saturated heterocycles. The largest absolute Gasteiger partial charge is 0.388 e. The monoisotopic (exact) mass is 213 g/mol. The van der Waals surface area contributed by atoms with E-state index in [-0.39, 0.29) is 6.10 Å². The summed E-state index contributed by atoms with van der Waals surface area (Å²) < 4.78 is 1.02. The number of pyridine rings is 1. The molecule has 0 saturated carbocycles. The SMILES string of the molecule is O[C@H]1CCc2c(Br)cncc21. The number of aromatic nitrogens is 1. The maximum Gasteiger partial charge on any atom is 0.0811 e. The summed E-state index contributed by atoms with van der Waals surface area (Å²) in [6, 6.07) is 0. The minimum Gasteiger partial charge on any atom is -0.388 e. The zero-order valence-electron chi connectivity index (χ0n) is 5.92. The first-order valence-corrected chi connectivity index (χ1v) is 4.38. The highest BCUT2D eigenvalue weighted by Gasteiger charge is 2.21. The molecule has 1 heterocycles. The Hall–Kier alpha value is -0.410. The number of rotatable bonds is 0. The smallest absolute Gasteiger partial charge is 0.0811 e. The Balaban J connectivity index is 2.57. The maximum absolute atomic E-state index is 9.44. The van der Waals surface area contributed by atoms with E-state index < -0.39 is 0 Å². The Kier molecular flexibility index (Phi) is 1.69. The summed E-state index contributed by atoms with van der Waals surface area (Å²) in [6.45, 7) is 0. The number of nitrogens with zero attached hydrogens (tertiary/aromatic N) is 1. The Labute approximate surface area is 73.4 Å². The van der Waals surface area contributed by atoms with Crippen molar-refractivity contribution in [2.75, 3.05) is 0 Å². The lowest BCUT2D eigenvalue weighted by molar-refractivity contribution is 0.179. The predicted molar refractivity (Wildman–Crippen MR) is 45.2 cm³/mol. The van der Waals surface area contributed by atoms with Gasteiger partial charge in [0.15, 0.2) is 0 Å². The van der Waals surface area contributed by atoms with Crippen LogP contribution < -0.4 is 0 Å². The molecule has 0 spiro atoms. The van der Waals surface area contributed by atoms with E-state index in [0.717, 1.165) is 22.9 Å². The average Bonchev–Trinajstić information content (AvgIpc) is 2.35. The predicted octanol–water partition coefficient (Wildman–Crippen LogP) is 1.82. The van der Waals surface area contributed by atoms with Crippen LogP contribution in [0.5, 0.6) is 0 Å². The van der Waals surface area contributed by atoms with Crippen molar-refractivity contribution in [3.05, 3.63) is 28.0 Å². The topological polar surface area (TPSA) is 33.1 Å². The van der Waals surface area contributed by atoms with E-state index in [1.165, 1.54) is 5.56 Å². The lowest BCUT2D eigenvalue weighted by Gasteiger charge is -2.02. The van der Waals surface area contributed by atoms with Crippen molar-refractivity contribution >= 4 is 15.9 Å². The van der Waals surface area contributed by atoms with E-state index >= 15 is 0 Å². The summed E-state index contributed by atoms with van der Waals surface area (Å²) in [5.74, 6) is 0. The Bertz CT molecular complexity index is 287. The molecule has 0 aromatic carbocycles. The van der Waals surface area contributed by atoms with Crippen LogP contribution in [0.3, 0.4) is 0 Å². The zero-order valence-corrected chi connectivity index (χ0v) is 7.50. The average molecular weight is 214 g/mol. The number of halogens is 1. The Morgan fingerprint density at radius 2 is 2.36 bits per heavy atom. The molecule has 1 aliphatic carbocycles. The molecule has 0 amide bonds. The van der Waals surface area contributed by atoms with Crippen LogP contribution in [-0.2, 0) is 6.42 Å². The number of aliphatic hydroxyl groups is 1. The fraction of sp³-hybridized carbons (Fsp3) is 0.375. The molecule has 0 bridgehead atoms. The Morgan fingerprint density at radius 1 is 1.55 bits per heavy atom. The highest BCUT2D eigenvalue weighted by atomic mass is 79.9. The van der Waals surface area contributed by atoms with Gasteiger partial charge in [-0.25, -0.2) is 0 Å². The van der Waals surface area contributed by atoms with Gasteiger partial charge in [-0.05, 0) is 34.3 Å². The molecule has 3 heteroatoms. The molecule has 1 atom stereocenters. The van der Waals surface area contributed by atoms with E-state index in [4.69, 9.17) is 0 Å². The molecule has 0 fully saturated rings. The van der Waals surface area contributed by atoms with Gasteiger partial charge in [-0.1, -0.05) is 0 Å². The number of hydrogen-bond donors (Lipinski definition) is 1. The van der Waals surface area contributed by atoms with Crippen molar-refractivity contribution in [3.8, 4) is 0 Å². The fourth-order valence-corrected chi connectivity index (χ4v) is 2.01. The van der Waals surface area contributed by atoms with E-state index in [0.29, 0.717) is 0 Å². The van der Waals surface area contributed by atoms with Crippen LogP contribution in [0.4, 0.5) is 0 Å².